The van der Waals surface area contributed by atoms with Gasteiger partial charge in [-0.3, -0.25) is 4.90 Å². The van der Waals surface area contributed by atoms with Crippen molar-refractivity contribution in [2.75, 3.05) is 26.2 Å². The number of para-hydroxylation sites is 1. The average Bonchev–Trinajstić information content (AvgIpc) is 3.04. The lowest BCUT2D eigenvalue weighted by Crippen LogP contribution is -2.43. The number of aromatic amines is 1. The Morgan fingerprint density at radius 2 is 1.96 bits per heavy atom. The molecular formula is C23H28N2O3. The number of β-amino-alcohol motifs (C(OH)–C–C–N with tert-alkyl or cyclic N) is 2. The van der Waals surface area contributed by atoms with E-state index in [4.69, 9.17) is 4.74 Å². The van der Waals surface area contributed by atoms with E-state index in [1.165, 1.54) is 10.9 Å². The smallest absolute Gasteiger partial charge is 0.119 e. The quantitative estimate of drug-likeness (QED) is 0.614. The van der Waals surface area contributed by atoms with Gasteiger partial charge in [0.2, 0.25) is 0 Å². The number of nitrogens with one attached hydrogen (secondary N) is 1. The van der Waals surface area contributed by atoms with Crippen LogP contribution in [0.5, 0.6) is 5.75 Å². The molecule has 1 fully saturated rings. The summed E-state index contributed by atoms with van der Waals surface area (Å²) in [6.45, 7) is 4.47. The Hall–Kier alpha value is -2.34. The molecule has 2 atom stereocenters. The molecule has 0 aliphatic carbocycles. The summed E-state index contributed by atoms with van der Waals surface area (Å²) in [5.74, 6) is 0.746. The topological polar surface area (TPSA) is 68.7 Å². The number of ether oxygens (including phenoxy) is 1. The van der Waals surface area contributed by atoms with Crippen molar-refractivity contribution in [1.82, 2.24) is 9.88 Å². The van der Waals surface area contributed by atoms with Crippen LogP contribution in [0.3, 0.4) is 0 Å². The highest BCUT2D eigenvalue weighted by Gasteiger charge is 2.20. The minimum absolute atomic E-state index is 0.247. The van der Waals surface area contributed by atoms with Gasteiger partial charge in [0.05, 0.1) is 6.10 Å². The van der Waals surface area contributed by atoms with Crippen molar-refractivity contribution in [2.24, 2.45) is 0 Å². The maximum atomic E-state index is 10.2. The third-order valence-electron chi connectivity index (χ3n) is 5.50. The van der Waals surface area contributed by atoms with Crippen LogP contribution in [0, 0.1) is 6.92 Å². The lowest BCUT2D eigenvalue weighted by atomic mass is 10.1. The predicted octanol–water partition coefficient (Wildman–Crippen LogP) is 3.34. The van der Waals surface area contributed by atoms with Crippen LogP contribution in [0.25, 0.3) is 22.2 Å². The van der Waals surface area contributed by atoms with Gasteiger partial charge in [0, 0.05) is 29.7 Å². The number of hydrogen-bond donors (Lipinski definition) is 3. The molecule has 0 bridgehead atoms. The molecule has 0 spiro atoms. The summed E-state index contributed by atoms with van der Waals surface area (Å²) in [6, 6.07) is 16.3. The largest absolute Gasteiger partial charge is 0.491 e. The molecule has 3 aromatic rings. The number of likely N-dealkylation sites (tertiary alicyclic amines) is 1. The first kappa shape index (κ1) is 19.0. The Morgan fingerprint density at radius 1 is 1.18 bits per heavy atom. The van der Waals surface area contributed by atoms with Crippen LogP contribution in [-0.2, 0) is 0 Å². The van der Waals surface area contributed by atoms with E-state index in [0.717, 1.165) is 41.9 Å². The number of benzene rings is 2. The van der Waals surface area contributed by atoms with Crippen molar-refractivity contribution < 1.29 is 14.9 Å². The van der Waals surface area contributed by atoms with Crippen molar-refractivity contribution in [3.05, 3.63) is 54.1 Å². The van der Waals surface area contributed by atoms with Crippen molar-refractivity contribution in [2.45, 2.75) is 32.0 Å². The molecule has 28 heavy (non-hydrogen) atoms. The molecule has 0 saturated carbocycles. The monoisotopic (exact) mass is 380 g/mol. The highest BCUT2D eigenvalue weighted by Crippen LogP contribution is 2.30. The van der Waals surface area contributed by atoms with Crippen LogP contribution in [0.4, 0.5) is 0 Å². The van der Waals surface area contributed by atoms with Crippen LogP contribution in [-0.4, -0.2) is 58.5 Å². The summed E-state index contributed by atoms with van der Waals surface area (Å²) in [4.78, 5) is 5.59. The highest BCUT2D eigenvalue weighted by atomic mass is 16.5. The number of nitrogens with zero attached hydrogens (tertiary/aromatic N) is 1. The predicted molar refractivity (Wildman–Crippen MR) is 112 cm³/mol. The summed E-state index contributed by atoms with van der Waals surface area (Å²) >= 11 is 0. The second-order valence-corrected chi connectivity index (χ2v) is 7.72. The third-order valence-corrected chi connectivity index (χ3v) is 5.50. The van der Waals surface area contributed by atoms with Crippen LogP contribution in [0.2, 0.25) is 0 Å². The van der Waals surface area contributed by atoms with E-state index in [1.807, 2.05) is 30.3 Å². The molecule has 5 heteroatoms. The average molecular weight is 380 g/mol. The van der Waals surface area contributed by atoms with E-state index < -0.39 is 6.10 Å². The lowest BCUT2D eigenvalue weighted by Gasteiger charge is -2.31. The van der Waals surface area contributed by atoms with Gasteiger partial charge in [-0.1, -0.05) is 18.2 Å². The molecule has 2 heterocycles. The van der Waals surface area contributed by atoms with E-state index in [2.05, 4.69) is 35.0 Å². The summed E-state index contributed by atoms with van der Waals surface area (Å²) in [6.07, 6.45) is 0.984. The fourth-order valence-corrected chi connectivity index (χ4v) is 4.03. The number of hydrogen-bond acceptors (Lipinski definition) is 4. The standard InChI is InChI=1S/C23H28N2O3/c1-16-21-6-2-3-7-22(21)24-23(16)17-8-10-20(11-9-17)28-15-19(27)14-25-12-4-5-18(26)13-25/h2-3,6-11,18-19,24,26-27H,4-5,12-15H2,1H3. The number of aliphatic hydroxyl groups is 2. The van der Waals surface area contributed by atoms with E-state index >= 15 is 0 Å². The van der Waals surface area contributed by atoms with Gasteiger partial charge in [0.15, 0.2) is 0 Å². The maximum absolute atomic E-state index is 10.2. The molecule has 1 aliphatic rings. The van der Waals surface area contributed by atoms with Crippen LogP contribution in [0.1, 0.15) is 18.4 Å². The highest BCUT2D eigenvalue weighted by molar-refractivity contribution is 5.90. The van der Waals surface area contributed by atoms with Crippen molar-refractivity contribution >= 4 is 10.9 Å². The van der Waals surface area contributed by atoms with Gasteiger partial charge in [-0.05, 0) is 67.8 Å². The zero-order chi connectivity index (χ0) is 19.5. The Balaban J connectivity index is 1.36. The van der Waals surface area contributed by atoms with Crippen LogP contribution in [0.15, 0.2) is 48.5 Å². The first-order valence-corrected chi connectivity index (χ1v) is 9.99. The Labute approximate surface area is 165 Å². The van der Waals surface area contributed by atoms with E-state index in [9.17, 15) is 10.2 Å². The molecule has 1 aromatic heterocycles. The molecule has 4 rings (SSSR count). The molecule has 1 saturated heterocycles. The molecule has 0 radical (unpaired) electrons. The minimum Gasteiger partial charge on any atom is -0.491 e. The Kier molecular flexibility index (Phi) is 5.67. The summed E-state index contributed by atoms with van der Waals surface area (Å²) in [5, 5.41) is 21.2. The van der Waals surface area contributed by atoms with E-state index in [0.29, 0.717) is 13.1 Å². The second-order valence-electron chi connectivity index (χ2n) is 7.72. The van der Waals surface area contributed by atoms with Crippen molar-refractivity contribution in [1.29, 1.82) is 0 Å². The molecule has 5 nitrogen and oxygen atoms in total. The summed E-state index contributed by atoms with van der Waals surface area (Å²) in [7, 11) is 0. The van der Waals surface area contributed by atoms with Gasteiger partial charge in [-0.25, -0.2) is 0 Å². The number of fused-ring (bicyclic) bond motifs is 1. The second kappa shape index (κ2) is 8.35. The van der Waals surface area contributed by atoms with E-state index in [1.54, 1.807) is 0 Å². The van der Waals surface area contributed by atoms with Crippen molar-refractivity contribution in [3.63, 3.8) is 0 Å². The number of aliphatic hydroxyl groups excluding tert-OH is 2. The molecule has 2 aromatic carbocycles. The van der Waals surface area contributed by atoms with Crippen LogP contribution >= 0.6 is 0 Å². The van der Waals surface area contributed by atoms with Crippen molar-refractivity contribution in [3.8, 4) is 17.0 Å². The zero-order valence-electron chi connectivity index (χ0n) is 16.3. The van der Waals surface area contributed by atoms with Gasteiger partial charge in [0.25, 0.3) is 0 Å². The van der Waals surface area contributed by atoms with Gasteiger partial charge >= 0.3 is 0 Å². The number of rotatable bonds is 6. The maximum Gasteiger partial charge on any atom is 0.119 e. The number of aryl methyl sites for hydroxylation is 1. The Bertz CT molecular complexity index is 919. The number of H-pyrrole nitrogens is 1. The first-order chi connectivity index (χ1) is 13.6. The lowest BCUT2D eigenvalue weighted by molar-refractivity contribution is 0.0243. The molecule has 2 unspecified atom stereocenters. The fourth-order valence-electron chi connectivity index (χ4n) is 4.03. The summed E-state index contributed by atoms with van der Waals surface area (Å²) < 4.78 is 5.77. The molecule has 1 aliphatic heterocycles. The van der Waals surface area contributed by atoms with Crippen LogP contribution < -0.4 is 4.74 Å². The number of piperidine rings is 1. The SMILES string of the molecule is Cc1c(-c2ccc(OCC(O)CN3CCCC(O)C3)cc2)[nH]c2ccccc12. The molecule has 148 valence electrons. The molecular weight excluding hydrogens is 352 g/mol. The first-order valence-electron chi connectivity index (χ1n) is 9.99. The molecule has 3 N–H and O–H groups in total. The summed E-state index contributed by atoms with van der Waals surface area (Å²) in [5.41, 5.74) is 4.62. The normalized spacial score (nSPS) is 19.0. The number of aromatic nitrogens is 1. The fraction of sp³-hybridized carbons (Fsp3) is 0.391. The van der Waals surface area contributed by atoms with E-state index in [-0.39, 0.29) is 12.7 Å². The van der Waals surface area contributed by atoms with Gasteiger partial charge in [-0.15, -0.1) is 0 Å². The van der Waals surface area contributed by atoms with Gasteiger partial charge in [-0.2, -0.15) is 0 Å². The molecule has 0 amide bonds. The Morgan fingerprint density at radius 3 is 2.71 bits per heavy atom. The zero-order valence-corrected chi connectivity index (χ0v) is 16.3. The third kappa shape index (κ3) is 4.22. The van der Waals surface area contributed by atoms with Gasteiger partial charge in [0.1, 0.15) is 18.5 Å². The minimum atomic E-state index is -0.569. The van der Waals surface area contributed by atoms with Gasteiger partial charge < -0.3 is 19.9 Å².